The first-order valence-electron chi connectivity index (χ1n) is 8.05. The molecule has 0 fully saturated rings. The Balaban J connectivity index is 2.02. The van der Waals surface area contributed by atoms with Crippen LogP contribution in [-0.4, -0.2) is 45.4 Å². The van der Waals surface area contributed by atoms with Gasteiger partial charge in [0.25, 0.3) is 15.9 Å². The number of nitrogens with one attached hydrogen (secondary N) is 2. The molecule has 2 amide bonds. The molecular formula is C19H19N3O5S. The molecule has 0 saturated heterocycles. The second-order valence-electron chi connectivity index (χ2n) is 5.58. The molecule has 0 heterocycles. The van der Waals surface area contributed by atoms with Crippen molar-refractivity contribution in [3.8, 4) is 12.3 Å². The molecule has 0 aliphatic carbocycles. The van der Waals surface area contributed by atoms with Gasteiger partial charge < -0.3 is 10.6 Å². The zero-order chi connectivity index (χ0) is 20.7. The predicted octanol–water partition coefficient (Wildman–Crippen LogP) is 1.22. The average Bonchev–Trinajstić information content (AvgIpc) is 2.71. The summed E-state index contributed by atoms with van der Waals surface area (Å²) in [4.78, 5) is 28.9. The van der Waals surface area contributed by atoms with Crippen LogP contribution in [0, 0.1) is 12.3 Å². The first-order valence-corrected chi connectivity index (χ1v) is 9.49. The molecule has 0 atom stereocenters. The van der Waals surface area contributed by atoms with Crippen molar-refractivity contribution in [1.82, 2.24) is 9.79 Å². The van der Waals surface area contributed by atoms with Crippen LogP contribution >= 0.6 is 0 Å². The van der Waals surface area contributed by atoms with Gasteiger partial charge in [-0.3, -0.25) is 14.4 Å². The molecule has 0 aromatic heterocycles. The highest BCUT2D eigenvalue weighted by Gasteiger charge is 2.22. The number of benzene rings is 2. The first-order chi connectivity index (χ1) is 13.3. The van der Waals surface area contributed by atoms with Gasteiger partial charge in [0.15, 0.2) is 0 Å². The van der Waals surface area contributed by atoms with Gasteiger partial charge in [0, 0.05) is 23.9 Å². The molecule has 8 nitrogen and oxygen atoms in total. The molecule has 0 aliphatic rings. The first kappa shape index (κ1) is 21.1. The maximum absolute atomic E-state index is 12.3. The third kappa shape index (κ3) is 5.17. The SMILES string of the molecule is C#Cc1cccc(NC(=O)CNC(=O)c2cccc(S(=O)(=O)N(C)OC)c2)c1. The van der Waals surface area contributed by atoms with E-state index in [2.05, 4.69) is 16.6 Å². The van der Waals surface area contributed by atoms with Crippen LogP contribution in [-0.2, 0) is 19.7 Å². The second kappa shape index (κ2) is 9.14. The quantitative estimate of drug-likeness (QED) is 0.536. The standard InChI is InChI=1S/C19H19N3O5S/c1-4-14-7-5-9-16(11-14)21-18(23)13-20-19(24)15-8-6-10-17(12-15)28(25,26)22(2)27-3/h1,5-12H,13H2,2-3H3,(H,20,24)(H,21,23). The summed E-state index contributed by atoms with van der Waals surface area (Å²) in [6, 6.07) is 12.1. The molecule has 2 rings (SSSR count). The second-order valence-corrected chi connectivity index (χ2v) is 7.52. The van der Waals surface area contributed by atoms with Gasteiger partial charge in [0.1, 0.15) is 0 Å². The molecule has 0 spiro atoms. The molecule has 2 aromatic carbocycles. The number of carbonyl (C=O) groups is 2. The fourth-order valence-electron chi connectivity index (χ4n) is 2.20. The van der Waals surface area contributed by atoms with Crippen molar-refractivity contribution in [2.24, 2.45) is 0 Å². The Hall–Kier alpha value is -3.19. The monoisotopic (exact) mass is 401 g/mol. The molecule has 0 bridgehead atoms. The summed E-state index contributed by atoms with van der Waals surface area (Å²) in [5.41, 5.74) is 1.21. The number of hydroxylamine groups is 1. The van der Waals surface area contributed by atoms with E-state index < -0.39 is 21.8 Å². The zero-order valence-electron chi connectivity index (χ0n) is 15.3. The number of carbonyl (C=O) groups excluding carboxylic acids is 2. The highest BCUT2D eigenvalue weighted by molar-refractivity contribution is 7.89. The average molecular weight is 401 g/mol. The lowest BCUT2D eigenvalue weighted by Gasteiger charge is -2.14. The lowest BCUT2D eigenvalue weighted by Crippen LogP contribution is -2.33. The van der Waals surface area contributed by atoms with Crippen molar-refractivity contribution in [2.75, 3.05) is 26.0 Å². The van der Waals surface area contributed by atoms with Crippen molar-refractivity contribution in [2.45, 2.75) is 4.90 Å². The Bertz CT molecular complexity index is 1030. The summed E-state index contributed by atoms with van der Waals surface area (Å²) in [7, 11) is -1.44. The van der Waals surface area contributed by atoms with E-state index in [0.717, 1.165) is 0 Å². The number of nitrogens with zero attached hydrogens (tertiary/aromatic N) is 1. The van der Waals surface area contributed by atoms with Gasteiger partial charge in [-0.15, -0.1) is 6.42 Å². The highest BCUT2D eigenvalue weighted by atomic mass is 32.2. The van der Waals surface area contributed by atoms with Crippen LogP contribution in [0.25, 0.3) is 0 Å². The van der Waals surface area contributed by atoms with E-state index in [1.54, 1.807) is 24.3 Å². The van der Waals surface area contributed by atoms with E-state index in [4.69, 9.17) is 11.3 Å². The number of amides is 2. The van der Waals surface area contributed by atoms with E-state index >= 15 is 0 Å². The summed E-state index contributed by atoms with van der Waals surface area (Å²) in [5, 5.41) is 5.05. The topological polar surface area (TPSA) is 105 Å². The van der Waals surface area contributed by atoms with Gasteiger partial charge in [-0.2, -0.15) is 0 Å². The Labute approximate surface area is 163 Å². The third-order valence-corrected chi connectivity index (χ3v) is 5.39. The number of hydrogen-bond acceptors (Lipinski definition) is 5. The molecule has 146 valence electrons. The number of hydrogen-bond donors (Lipinski definition) is 2. The van der Waals surface area contributed by atoms with E-state index in [9.17, 15) is 18.0 Å². The van der Waals surface area contributed by atoms with Crippen molar-refractivity contribution >= 4 is 27.5 Å². The lowest BCUT2D eigenvalue weighted by atomic mass is 10.2. The van der Waals surface area contributed by atoms with E-state index in [-0.39, 0.29) is 17.0 Å². The summed E-state index contributed by atoms with van der Waals surface area (Å²) in [6.07, 6.45) is 5.31. The van der Waals surface area contributed by atoms with Crippen LogP contribution < -0.4 is 10.6 Å². The van der Waals surface area contributed by atoms with E-state index in [1.165, 1.54) is 38.4 Å². The van der Waals surface area contributed by atoms with Crippen molar-refractivity contribution in [3.05, 3.63) is 59.7 Å². The Morgan fingerprint density at radius 3 is 2.57 bits per heavy atom. The molecule has 2 N–H and O–H groups in total. The van der Waals surface area contributed by atoms with Crippen LogP contribution in [0.15, 0.2) is 53.4 Å². The lowest BCUT2D eigenvalue weighted by molar-refractivity contribution is -0.115. The molecule has 0 unspecified atom stereocenters. The zero-order valence-corrected chi connectivity index (χ0v) is 16.1. The largest absolute Gasteiger partial charge is 0.343 e. The van der Waals surface area contributed by atoms with E-state index in [1.807, 2.05) is 0 Å². The Morgan fingerprint density at radius 2 is 1.89 bits per heavy atom. The normalized spacial score (nSPS) is 10.9. The van der Waals surface area contributed by atoms with Gasteiger partial charge in [0.2, 0.25) is 5.91 Å². The summed E-state index contributed by atoms with van der Waals surface area (Å²) < 4.78 is 25.2. The van der Waals surface area contributed by atoms with Crippen molar-refractivity contribution in [1.29, 1.82) is 0 Å². The maximum Gasteiger partial charge on any atom is 0.264 e. The minimum absolute atomic E-state index is 0.0905. The number of rotatable bonds is 7. The van der Waals surface area contributed by atoms with Gasteiger partial charge in [-0.1, -0.05) is 22.5 Å². The molecule has 0 saturated carbocycles. The van der Waals surface area contributed by atoms with Gasteiger partial charge in [-0.25, -0.2) is 8.42 Å². The van der Waals surface area contributed by atoms with Crippen LogP contribution in [0.4, 0.5) is 5.69 Å². The molecule has 9 heteroatoms. The van der Waals surface area contributed by atoms with Crippen LogP contribution in [0.1, 0.15) is 15.9 Å². The minimum atomic E-state index is -3.89. The molecule has 0 radical (unpaired) electrons. The minimum Gasteiger partial charge on any atom is -0.343 e. The van der Waals surface area contributed by atoms with Crippen molar-refractivity contribution in [3.63, 3.8) is 0 Å². The van der Waals surface area contributed by atoms with Crippen LogP contribution in [0.3, 0.4) is 0 Å². The number of sulfonamides is 1. The molecule has 0 aliphatic heterocycles. The number of terminal acetylenes is 1. The molecule has 28 heavy (non-hydrogen) atoms. The third-order valence-electron chi connectivity index (χ3n) is 3.71. The molecular weight excluding hydrogens is 382 g/mol. The highest BCUT2D eigenvalue weighted by Crippen LogP contribution is 2.16. The predicted molar refractivity (Wildman–Crippen MR) is 104 cm³/mol. The maximum atomic E-state index is 12.3. The van der Waals surface area contributed by atoms with Crippen LogP contribution in [0.2, 0.25) is 0 Å². The van der Waals surface area contributed by atoms with E-state index in [0.29, 0.717) is 15.7 Å². The summed E-state index contributed by atoms with van der Waals surface area (Å²) in [5.74, 6) is 1.41. The van der Waals surface area contributed by atoms with Gasteiger partial charge in [0.05, 0.1) is 18.6 Å². The van der Waals surface area contributed by atoms with Crippen LogP contribution in [0.5, 0.6) is 0 Å². The Kier molecular flexibility index (Phi) is 6.89. The molecule has 2 aromatic rings. The smallest absolute Gasteiger partial charge is 0.264 e. The van der Waals surface area contributed by atoms with Gasteiger partial charge >= 0.3 is 0 Å². The number of anilines is 1. The summed E-state index contributed by atoms with van der Waals surface area (Å²) in [6.45, 7) is -0.298. The Morgan fingerprint density at radius 1 is 1.18 bits per heavy atom. The fourth-order valence-corrected chi connectivity index (χ4v) is 3.22. The van der Waals surface area contributed by atoms with Gasteiger partial charge in [-0.05, 0) is 36.4 Å². The van der Waals surface area contributed by atoms with Crippen molar-refractivity contribution < 1.29 is 22.8 Å². The summed E-state index contributed by atoms with van der Waals surface area (Å²) >= 11 is 0. The fraction of sp³-hybridized carbons (Fsp3) is 0.158.